The zero-order valence-electron chi connectivity index (χ0n) is 11.9. The topological polar surface area (TPSA) is 51.0 Å². The summed E-state index contributed by atoms with van der Waals surface area (Å²) in [5, 5.41) is 11.9. The standard InChI is InChI=1S/C16H15ClFNO3/c1-2-21-15-8-12(9-19-20)7-14(17)16(15)22-10-11-3-5-13(18)6-4-11/h3-9,20H,2,10H2,1H3. The summed E-state index contributed by atoms with van der Waals surface area (Å²) in [6, 6.07) is 9.26. The van der Waals surface area contributed by atoms with Crippen molar-refractivity contribution in [1.29, 1.82) is 0 Å². The van der Waals surface area contributed by atoms with Crippen LogP contribution in [0.3, 0.4) is 0 Å². The maximum Gasteiger partial charge on any atom is 0.180 e. The van der Waals surface area contributed by atoms with E-state index in [0.29, 0.717) is 28.7 Å². The molecule has 22 heavy (non-hydrogen) atoms. The average molecular weight is 324 g/mol. The number of nitrogens with zero attached hydrogens (tertiary/aromatic N) is 1. The Kier molecular flexibility index (Phi) is 5.61. The molecule has 0 heterocycles. The molecule has 6 heteroatoms. The molecule has 0 aliphatic carbocycles. The predicted molar refractivity (Wildman–Crippen MR) is 82.7 cm³/mol. The Morgan fingerprint density at radius 1 is 1.23 bits per heavy atom. The van der Waals surface area contributed by atoms with Gasteiger partial charge in [-0.25, -0.2) is 4.39 Å². The van der Waals surface area contributed by atoms with Gasteiger partial charge in [0.25, 0.3) is 0 Å². The Morgan fingerprint density at radius 3 is 2.59 bits per heavy atom. The van der Waals surface area contributed by atoms with Gasteiger partial charge in [-0.3, -0.25) is 0 Å². The second-order valence-electron chi connectivity index (χ2n) is 4.42. The Morgan fingerprint density at radius 2 is 1.95 bits per heavy atom. The van der Waals surface area contributed by atoms with Crippen LogP contribution in [0.25, 0.3) is 0 Å². The predicted octanol–water partition coefficient (Wildman–Crippen LogP) is 4.26. The van der Waals surface area contributed by atoms with Gasteiger partial charge in [0, 0.05) is 5.56 Å². The van der Waals surface area contributed by atoms with Crippen molar-refractivity contribution in [1.82, 2.24) is 0 Å². The quantitative estimate of drug-likeness (QED) is 0.491. The SMILES string of the molecule is CCOc1cc(C=NO)cc(Cl)c1OCc1ccc(F)cc1. The van der Waals surface area contributed by atoms with Gasteiger partial charge in [0.1, 0.15) is 12.4 Å². The van der Waals surface area contributed by atoms with Gasteiger partial charge in [0.15, 0.2) is 11.5 Å². The lowest BCUT2D eigenvalue weighted by Gasteiger charge is -2.14. The van der Waals surface area contributed by atoms with Crippen molar-refractivity contribution in [2.45, 2.75) is 13.5 Å². The van der Waals surface area contributed by atoms with E-state index in [4.69, 9.17) is 26.3 Å². The van der Waals surface area contributed by atoms with Crippen LogP contribution >= 0.6 is 11.6 Å². The molecule has 1 N–H and O–H groups in total. The van der Waals surface area contributed by atoms with E-state index in [1.807, 2.05) is 6.92 Å². The van der Waals surface area contributed by atoms with Gasteiger partial charge in [-0.15, -0.1) is 0 Å². The molecule has 0 aromatic heterocycles. The lowest BCUT2D eigenvalue weighted by Crippen LogP contribution is -2.01. The van der Waals surface area contributed by atoms with Gasteiger partial charge in [-0.2, -0.15) is 0 Å². The van der Waals surface area contributed by atoms with E-state index in [0.717, 1.165) is 5.56 Å². The number of hydrogen-bond acceptors (Lipinski definition) is 4. The smallest absolute Gasteiger partial charge is 0.180 e. The van der Waals surface area contributed by atoms with Crippen LogP contribution in [0.15, 0.2) is 41.6 Å². The maximum absolute atomic E-state index is 12.9. The van der Waals surface area contributed by atoms with Crippen molar-refractivity contribution in [2.24, 2.45) is 5.16 Å². The number of hydrogen-bond donors (Lipinski definition) is 1. The summed E-state index contributed by atoms with van der Waals surface area (Å²) in [4.78, 5) is 0. The highest BCUT2D eigenvalue weighted by Crippen LogP contribution is 2.36. The number of benzene rings is 2. The molecule has 0 aliphatic rings. The van der Waals surface area contributed by atoms with Crippen LogP contribution < -0.4 is 9.47 Å². The number of oxime groups is 1. The van der Waals surface area contributed by atoms with Crippen molar-refractivity contribution in [3.63, 3.8) is 0 Å². The van der Waals surface area contributed by atoms with E-state index in [9.17, 15) is 4.39 Å². The monoisotopic (exact) mass is 323 g/mol. The van der Waals surface area contributed by atoms with Crippen molar-refractivity contribution in [2.75, 3.05) is 6.61 Å². The molecule has 2 aromatic carbocycles. The third-order valence-corrected chi connectivity index (χ3v) is 3.12. The summed E-state index contributed by atoms with van der Waals surface area (Å²) in [5.41, 5.74) is 1.39. The molecule has 116 valence electrons. The molecule has 0 bridgehead atoms. The minimum Gasteiger partial charge on any atom is -0.490 e. The van der Waals surface area contributed by atoms with Crippen LogP contribution in [0, 0.1) is 5.82 Å². The lowest BCUT2D eigenvalue weighted by atomic mass is 10.2. The normalized spacial score (nSPS) is 10.9. The second-order valence-corrected chi connectivity index (χ2v) is 4.83. The first-order valence-electron chi connectivity index (χ1n) is 6.65. The van der Waals surface area contributed by atoms with Crippen LogP contribution in [0.2, 0.25) is 5.02 Å². The van der Waals surface area contributed by atoms with Gasteiger partial charge in [0.2, 0.25) is 0 Å². The highest BCUT2D eigenvalue weighted by molar-refractivity contribution is 6.32. The zero-order chi connectivity index (χ0) is 15.9. The Balaban J connectivity index is 2.22. The Labute approximate surface area is 132 Å². The molecule has 0 aliphatic heterocycles. The summed E-state index contributed by atoms with van der Waals surface area (Å²) >= 11 is 6.19. The summed E-state index contributed by atoms with van der Waals surface area (Å²) in [6.45, 7) is 2.50. The molecule has 2 rings (SSSR count). The zero-order valence-corrected chi connectivity index (χ0v) is 12.7. The number of ether oxygens (including phenoxy) is 2. The van der Waals surface area contributed by atoms with Crippen molar-refractivity contribution < 1.29 is 19.1 Å². The lowest BCUT2D eigenvalue weighted by molar-refractivity contribution is 0.269. The summed E-state index contributed by atoms with van der Waals surface area (Å²) in [6.07, 6.45) is 1.25. The van der Waals surface area contributed by atoms with E-state index >= 15 is 0 Å². The highest BCUT2D eigenvalue weighted by Gasteiger charge is 2.12. The first kappa shape index (κ1) is 16.1. The molecule has 0 atom stereocenters. The molecular weight excluding hydrogens is 309 g/mol. The van der Waals surface area contributed by atoms with E-state index < -0.39 is 0 Å². The minimum absolute atomic E-state index is 0.230. The van der Waals surface area contributed by atoms with Crippen molar-refractivity contribution in [3.05, 3.63) is 58.4 Å². The molecule has 0 saturated heterocycles. The molecule has 2 aromatic rings. The average Bonchev–Trinajstić information content (AvgIpc) is 2.49. The molecule has 4 nitrogen and oxygen atoms in total. The first-order chi connectivity index (χ1) is 10.6. The van der Waals surface area contributed by atoms with Gasteiger partial charge >= 0.3 is 0 Å². The van der Waals surface area contributed by atoms with Gasteiger partial charge in [-0.05, 0) is 36.8 Å². The number of halogens is 2. The van der Waals surface area contributed by atoms with Crippen LogP contribution in [-0.2, 0) is 6.61 Å². The van der Waals surface area contributed by atoms with Crippen LogP contribution in [0.1, 0.15) is 18.1 Å². The van der Waals surface area contributed by atoms with Gasteiger partial charge in [0.05, 0.1) is 17.8 Å². The number of rotatable bonds is 6. The third kappa shape index (κ3) is 4.11. The van der Waals surface area contributed by atoms with E-state index in [1.54, 1.807) is 24.3 Å². The largest absolute Gasteiger partial charge is 0.490 e. The molecule has 0 spiro atoms. The van der Waals surface area contributed by atoms with Gasteiger partial charge < -0.3 is 14.7 Å². The highest BCUT2D eigenvalue weighted by atomic mass is 35.5. The fourth-order valence-electron chi connectivity index (χ4n) is 1.87. The maximum atomic E-state index is 12.9. The second kappa shape index (κ2) is 7.66. The first-order valence-corrected chi connectivity index (χ1v) is 7.03. The molecule has 0 fully saturated rings. The van der Waals surface area contributed by atoms with Crippen LogP contribution in [-0.4, -0.2) is 18.0 Å². The van der Waals surface area contributed by atoms with Crippen LogP contribution in [0.4, 0.5) is 4.39 Å². The molecular formula is C16H15ClFNO3. The Bertz CT molecular complexity index is 659. The fraction of sp³-hybridized carbons (Fsp3) is 0.188. The van der Waals surface area contributed by atoms with Crippen molar-refractivity contribution in [3.8, 4) is 11.5 Å². The van der Waals surface area contributed by atoms with E-state index in [1.165, 1.54) is 18.3 Å². The fourth-order valence-corrected chi connectivity index (χ4v) is 2.14. The van der Waals surface area contributed by atoms with Crippen LogP contribution in [0.5, 0.6) is 11.5 Å². The molecule has 0 amide bonds. The van der Waals surface area contributed by atoms with Gasteiger partial charge in [-0.1, -0.05) is 28.9 Å². The van der Waals surface area contributed by atoms with E-state index in [2.05, 4.69) is 5.16 Å². The third-order valence-electron chi connectivity index (χ3n) is 2.83. The minimum atomic E-state index is -0.301. The molecule has 0 saturated carbocycles. The summed E-state index contributed by atoms with van der Waals surface area (Å²) < 4.78 is 24.1. The molecule has 0 radical (unpaired) electrons. The molecule has 0 unspecified atom stereocenters. The summed E-state index contributed by atoms with van der Waals surface area (Å²) in [5.74, 6) is 0.541. The van der Waals surface area contributed by atoms with Crippen molar-refractivity contribution >= 4 is 17.8 Å². The van der Waals surface area contributed by atoms with E-state index in [-0.39, 0.29) is 12.4 Å². The summed E-state index contributed by atoms with van der Waals surface area (Å²) in [7, 11) is 0. The Hall–Kier alpha value is -2.27.